The van der Waals surface area contributed by atoms with Gasteiger partial charge in [-0.05, 0) is 0 Å². The third kappa shape index (κ3) is 8.22. The van der Waals surface area contributed by atoms with Crippen molar-refractivity contribution in [2.75, 3.05) is 6.54 Å². The Kier molecular flexibility index (Phi) is 12.1. The Labute approximate surface area is 241 Å². The molecular weight excluding hydrogens is 609 g/mol. The van der Waals surface area contributed by atoms with E-state index in [1.54, 1.807) is 13.3 Å². The average Bonchev–Trinajstić information content (AvgIpc) is 3.23. The Morgan fingerprint density at radius 1 is 0.921 bits per heavy atom. The van der Waals surface area contributed by atoms with Crippen LogP contribution in [0.3, 0.4) is 0 Å². The van der Waals surface area contributed by atoms with E-state index in [9.17, 15) is 8.42 Å². The van der Waals surface area contributed by atoms with Gasteiger partial charge in [0.2, 0.25) is 0 Å². The molecule has 38 heavy (non-hydrogen) atoms. The van der Waals surface area contributed by atoms with Crippen molar-refractivity contribution in [3.05, 3.63) is 41.1 Å². The molecule has 0 unspecified atom stereocenters. The number of unbranched alkanes of at least 4 members (excludes halogenated alkanes) is 3. The van der Waals surface area contributed by atoms with Crippen LogP contribution in [0.5, 0.6) is 0 Å². The van der Waals surface area contributed by atoms with Gasteiger partial charge in [-0.15, -0.1) is 0 Å². The molecule has 216 valence electrons. The van der Waals surface area contributed by atoms with E-state index in [1.807, 2.05) is 35.5 Å². The van der Waals surface area contributed by atoms with E-state index in [0.29, 0.717) is 23.3 Å². The summed E-state index contributed by atoms with van der Waals surface area (Å²) in [6.45, 7) is 17.0. The van der Waals surface area contributed by atoms with Crippen molar-refractivity contribution in [1.82, 2.24) is 4.31 Å². The number of hydrogen-bond acceptors (Lipinski definition) is 2. The summed E-state index contributed by atoms with van der Waals surface area (Å²) in [4.78, 5) is 0.473. The molecule has 1 aliphatic heterocycles. The SMILES string of the molecule is CCC[CH2][Sn]([CH2]CCC)([CH2]CCC)[CH2][C@@H]1CCC[C@H]2[C@@H]1/C(=C\[Si](C)(C)C)CN2S(=O)(=O)c1ccc(C)cc1. The first-order valence-corrected chi connectivity index (χ1v) is 28.9. The van der Waals surface area contributed by atoms with Gasteiger partial charge in [0, 0.05) is 0 Å². The Balaban J connectivity index is 2.01. The fourth-order valence-corrected chi connectivity index (χ4v) is 28.3. The van der Waals surface area contributed by atoms with Gasteiger partial charge in [-0.3, -0.25) is 0 Å². The summed E-state index contributed by atoms with van der Waals surface area (Å²) in [6.07, 6.45) is 11.7. The van der Waals surface area contributed by atoms with Crippen molar-refractivity contribution in [3.8, 4) is 0 Å². The summed E-state index contributed by atoms with van der Waals surface area (Å²) in [5.74, 6) is 1.13. The molecule has 1 heterocycles. The summed E-state index contributed by atoms with van der Waals surface area (Å²) in [6, 6.07) is 7.68. The molecule has 0 bridgehead atoms. The molecule has 3 rings (SSSR count). The second kappa shape index (κ2) is 14.2. The van der Waals surface area contributed by atoms with Crippen molar-refractivity contribution in [1.29, 1.82) is 0 Å². The molecule has 0 radical (unpaired) electrons. The van der Waals surface area contributed by atoms with E-state index in [0.717, 1.165) is 12.0 Å². The van der Waals surface area contributed by atoms with Crippen molar-refractivity contribution in [2.45, 2.75) is 134 Å². The van der Waals surface area contributed by atoms with Gasteiger partial charge in [0.25, 0.3) is 0 Å². The van der Waals surface area contributed by atoms with Crippen LogP contribution in [-0.2, 0) is 10.0 Å². The molecule has 3 atom stereocenters. The van der Waals surface area contributed by atoms with Crippen LogP contribution in [0.2, 0.25) is 37.4 Å². The second-order valence-electron chi connectivity index (χ2n) is 13.7. The zero-order valence-electron chi connectivity index (χ0n) is 25.7. The van der Waals surface area contributed by atoms with Crippen LogP contribution in [-0.4, -0.2) is 51.8 Å². The molecule has 3 nitrogen and oxygen atoms in total. The molecule has 0 amide bonds. The van der Waals surface area contributed by atoms with Gasteiger partial charge in [-0.25, -0.2) is 0 Å². The Hall–Kier alpha value is -0.114. The standard InChI is InChI=1S/C20H30NO2SSi.3C4H9.Sn/c1-15-9-11-18(12-10-15)24(22,23)21-13-17(14-25(3,4)5)20-16(2)7-6-8-19(20)21;3*1-3-4-2;/h9-12,14,16,19-20H,2,6-8,13H2,1,3-5H3;3*1,3-4H2,2H3;/b17-14-;;;;/t16-,19+,20+;;;;/m1..../s1. The minimum absolute atomic E-state index is 0.148. The first-order chi connectivity index (χ1) is 18.0. The van der Waals surface area contributed by atoms with Gasteiger partial charge in [0.1, 0.15) is 0 Å². The molecular formula is C32H57NO2SSiSn. The molecule has 1 aromatic carbocycles. The molecule has 2 fully saturated rings. The van der Waals surface area contributed by atoms with Gasteiger partial charge < -0.3 is 0 Å². The van der Waals surface area contributed by atoms with E-state index in [2.05, 4.69) is 46.1 Å². The maximum absolute atomic E-state index is 14.1. The first kappa shape index (κ1) is 32.4. The predicted octanol–water partition coefficient (Wildman–Crippen LogP) is 9.44. The Morgan fingerprint density at radius 2 is 1.47 bits per heavy atom. The summed E-state index contributed by atoms with van der Waals surface area (Å²) < 4.78 is 36.2. The second-order valence-corrected chi connectivity index (χ2v) is 34.7. The van der Waals surface area contributed by atoms with Crippen molar-refractivity contribution in [3.63, 3.8) is 0 Å². The molecule has 0 spiro atoms. The molecule has 1 aromatic rings. The van der Waals surface area contributed by atoms with Gasteiger partial charge in [-0.2, -0.15) is 0 Å². The monoisotopic (exact) mass is 667 g/mol. The van der Waals surface area contributed by atoms with Crippen LogP contribution in [0.1, 0.15) is 84.1 Å². The zero-order valence-corrected chi connectivity index (χ0v) is 30.4. The number of sulfonamides is 1. The van der Waals surface area contributed by atoms with Crippen molar-refractivity contribution < 1.29 is 8.42 Å². The van der Waals surface area contributed by atoms with Crippen molar-refractivity contribution >= 4 is 36.5 Å². The Bertz CT molecular complexity index is 993. The summed E-state index contributed by atoms with van der Waals surface area (Å²) in [5, 5.41) is 0. The van der Waals surface area contributed by atoms with E-state index in [-0.39, 0.29) is 6.04 Å². The summed E-state index contributed by atoms with van der Waals surface area (Å²) in [7, 11) is -4.99. The van der Waals surface area contributed by atoms with Crippen LogP contribution in [0.4, 0.5) is 0 Å². The van der Waals surface area contributed by atoms with E-state index >= 15 is 0 Å². The number of nitrogens with zero attached hydrogens (tertiary/aromatic N) is 1. The van der Waals surface area contributed by atoms with Gasteiger partial charge in [-0.1, -0.05) is 0 Å². The van der Waals surface area contributed by atoms with Crippen LogP contribution < -0.4 is 0 Å². The average molecular weight is 667 g/mol. The fourth-order valence-electron chi connectivity index (χ4n) is 7.47. The maximum atomic E-state index is 14.1. The quantitative estimate of drug-likeness (QED) is 0.186. The number of rotatable bonds is 14. The Morgan fingerprint density at radius 3 is 1.97 bits per heavy atom. The zero-order chi connectivity index (χ0) is 28.0. The first-order valence-electron chi connectivity index (χ1n) is 15.8. The molecule has 1 saturated heterocycles. The normalized spacial score (nSPS) is 24.2. The minimum atomic E-state index is -3.50. The third-order valence-electron chi connectivity index (χ3n) is 9.26. The molecule has 1 aliphatic carbocycles. The van der Waals surface area contributed by atoms with E-state index in [4.69, 9.17) is 0 Å². The van der Waals surface area contributed by atoms with Crippen LogP contribution in [0.25, 0.3) is 0 Å². The summed E-state index contributed by atoms with van der Waals surface area (Å²) >= 11 is -2.36. The predicted molar refractivity (Wildman–Crippen MR) is 171 cm³/mol. The molecule has 1 saturated carbocycles. The molecule has 2 aliphatic rings. The summed E-state index contributed by atoms with van der Waals surface area (Å²) in [5.41, 5.74) is 5.18. The van der Waals surface area contributed by atoms with Crippen LogP contribution in [0, 0.1) is 18.8 Å². The van der Waals surface area contributed by atoms with Gasteiger partial charge >= 0.3 is 242 Å². The number of hydrogen-bond donors (Lipinski definition) is 0. The van der Waals surface area contributed by atoms with Gasteiger partial charge in [0.05, 0.1) is 0 Å². The van der Waals surface area contributed by atoms with Crippen LogP contribution in [0.15, 0.2) is 40.4 Å². The van der Waals surface area contributed by atoms with E-state index < -0.39 is 36.5 Å². The number of aryl methyl sites for hydroxylation is 1. The molecule has 0 N–H and O–H groups in total. The molecule has 0 aromatic heterocycles. The van der Waals surface area contributed by atoms with E-state index in [1.165, 1.54) is 61.4 Å². The third-order valence-corrected chi connectivity index (χ3v) is 28.5. The van der Waals surface area contributed by atoms with Crippen molar-refractivity contribution in [2.24, 2.45) is 11.8 Å². The fraction of sp³-hybridized carbons (Fsp3) is 0.750. The van der Waals surface area contributed by atoms with Crippen LogP contribution >= 0.6 is 0 Å². The molecule has 6 heteroatoms. The number of fused-ring (bicyclic) bond motifs is 1. The van der Waals surface area contributed by atoms with Gasteiger partial charge in [0.15, 0.2) is 0 Å². The number of benzene rings is 1. The topological polar surface area (TPSA) is 37.4 Å².